The Morgan fingerprint density at radius 1 is 1.33 bits per heavy atom. The van der Waals surface area contributed by atoms with Gasteiger partial charge in [0.05, 0.1) is 5.02 Å². The molecular formula is C17H24ClN3. The lowest BCUT2D eigenvalue weighted by Gasteiger charge is -2.35. The average molecular weight is 306 g/mol. The fourth-order valence-electron chi connectivity index (χ4n) is 3.36. The molecule has 0 saturated carbocycles. The van der Waals surface area contributed by atoms with Crippen LogP contribution in [-0.2, 0) is 6.54 Å². The van der Waals surface area contributed by atoms with Crippen molar-refractivity contribution in [3.8, 4) is 0 Å². The topological polar surface area (TPSA) is 31.1 Å². The third-order valence-corrected chi connectivity index (χ3v) is 4.98. The number of hydrogen-bond donors (Lipinski definition) is 2. The molecule has 1 fully saturated rings. The Bertz CT molecular complexity index is 593. The SMILES string of the molecule is CCN1CCCCC1CNCc1[nH]c2ccccc2c1Cl. The Kier molecular flexibility index (Phi) is 4.84. The molecule has 0 aliphatic carbocycles. The molecule has 1 unspecified atom stereocenters. The lowest BCUT2D eigenvalue weighted by Crippen LogP contribution is -2.45. The molecule has 2 aromatic rings. The van der Waals surface area contributed by atoms with Crippen LogP contribution in [0.15, 0.2) is 24.3 Å². The number of H-pyrrole nitrogens is 1. The van der Waals surface area contributed by atoms with Gasteiger partial charge in [-0.1, -0.05) is 43.1 Å². The zero-order chi connectivity index (χ0) is 14.7. The van der Waals surface area contributed by atoms with Gasteiger partial charge in [0.15, 0.2) is 0 Å². The van der Waals surface area contributed by atoms with Crippen LogP contribution in [0.3, 0.4) is 0 Å². The molecule has 1 atom stereocenters. The van der Waals surface area contributed by atoms with Crippen LogP contribution in [0.2, 0.25) is 5.02 Å². The standard InChI is InChI=1S/C17H24ClN3/c1-2-21-10-6-5-7-13(21)11-19-12-16-17(18)14-8-3-4-9-15(14)20-16/h3-4,8-9,13,19-20H,2,5-7,10-12H2,1H3. The van der Waals surface area contributed by atoms with Crippen LogP contribution in [0.5, 0.6) is 0 Å². The van der Waals surface area contributed by atoms with Crippen molar-refractivity contribution < 1.29 is 0 Å². The molecule has 1 aromatic carbocycles. The number of piperidine rings is 1. The van der Waals surface area contributed by atoms with Crippen LogP contribution < -0.4 is 5.32 Å². The molecule has 1 aliphatic rings. The first-order valence-electron chi connectivity index (χ1n) is 7.99. The minimum Gasteiger partial charge on any atom is -0.356 e. The van der Waals surface area contributed by atoms with Gasteiger partial charge in [0.2, 0.25) is 0 Å². The van der Waals surface area contributed by atoms with Gasteiger partial charge in [0, 0.05) is 35.7 Å². The first kappa shape index (κ1) is 14.9. The maximum atomic E-state index is 6.45. The Balaban J connectivity index is 1.60. The minimum atomic E-state index is 0.673. The van der Waals surface area contributed by atoms with E-state index in [-0.39, 0.29) is 0 Å². The number of halogens is 1. The number of para-hydroxylation sites is 1. The van der Waals surface area contributed by atoms with Gasteiger partial charge in [0.25, 0.3) is 0 Å². The van der Waals surface area contributed by atoms with E-state index in [1.165, 1.54) is 25.8 Å². The third kappa shape index (κ3) is 3.25. The molecule has 21 heavy (non-hydrogen) atoms. The molecule has 0 spiro atoms. The number of likely N-dealkylation sites (tertiary alicyclic amines) is 1. The van der Waals surface area contributed by atoms with Gasteiger partial charge in [-0.05, 0) is 32.0 Å². The van der Waals surface area contributed by atoms with Crippen molar-refractivity contribution in [2.45, 2.75) is 38.8 Å². The molecule has 2 N–H and O–H groups in total. The number of benzene rings is 1. The molecule has 1 aliphatic heterocycles. The minimum absolute atomic E-state index is 0.673. The number of aromatic nitrogens is 1. The summed E-state index contributed by atoms with van der Waals surface area (Å²) >= 11 is 6.45. The highest BCUT2D eigenvalue weighted by Gasteiger charge is 2.20. The predicted octanol–water partition coefficient (Wildman–Crippen LogP) is 3.79. The Morgan fingerprint density at radius 3 is 3.00 bits per heavy atom. The number of likely N-dealkylation sites (N-methyl/N-ethyl adjacent to an activating group) is 1. The van der Waals surface area contributed by atoms with Crippen molar-refractivity contribution >= 4 is 22.5 Å². The lowest BCUT2D eigenvalue weighted by atomic mass is 10.0. The largest absolute Gasteiger partial charge is 0.356 e. The lowest BCUT2D eigenvalue weighted by molar-refractivity contribution is 0.153. The van der Waals surface area contributed by atoms with Gasteiger partial charge in [-0.2, -0.15) is 0 Å². The van der Waals surface area contributed by atoms with Gasteiger partial charge < -0.3 is 10.3 Å². The number of nitrogens with zero attached hydrogens (tertiary/aromatic N) is 1. The van der Waals surface area contributed by atoms with E-state index in [1.807, 2.05) is 12.1 Å². The smallest absolute Gasteiger partial charge is 0.0705 e. The van der Waals surface area contributed by atoms with E-state index in [0.717, 1.165) is 41.3 Å². The first-order chi connectivity index (χ1) is 10.3. The van der Waals surface area contributed by atoms with E-state index >= 15 is 0 Å². The van der Waals surface area contributed by atoms with E-state index in [2.05, 4.69) is 34.3 Å². The highest BCUT2D eigenvalue weighted by atomic mass is 35.5. The Hall–Kier alpha value is -1.03. The van der Waals surface area contributed by atoms with Crippen LogP contribution in [0.25, 0.3) is 10.9 Å². The van der Waals surface area contributed by atoms with Gasteiger partial charge in [-0.15, -0.1) is 0 Å². The quantitative estimate of drug-likeness (QED) is 0.880. The fourth-order valence-corrected chi connectivity index (χ4v) is 3.64. The van der Waals surface area contributed by atoms with Crippen molar-refractivity contribution in [3.05, 3.63) is 35.0 Å². The second-order valence-electron chi connectivity index (χ2n) is 5.87. The van der Waals surface area contributed by atoms with Crippen LogP contribution in [0, 0.1) is 0 Å². The zero-order valence-electron chi connectivity index (χ0n) is 12.7. The molecule has 3 rings (SSSR count). The van der Waals surface area contributed by atoms with Gasteiger partial charge >= 0.3 is 0 Å². The Labute approximate surface area is 131 Å². The van der Waals surface area contributed by atoms with Crippen LogP contribution in [-0.4, -0.2) is 35.6 Å². The predicted molar refractivity (Wildman–Crippen MR) is 89.9 cm³/mol. The summed E-state index contributed by atoms with van der Waals surface area (Å²) in [6.07, 6.45) is 4.01. The van der Waals surface area contributed by atoms with E-state index in [1.54, 1.807) is 0 Å². The summed E-state index contributed by atoms with van der Waals surface area (Å²) in [5.41, 5.74) is 2.21. The summed E-state index contributed by atoms with van der Waals surface area (Å²) in [6.45, 7) is 6.50. The molecule has 1 aromatic heterocycles. The zero-order valence-corrected chi connectivity index (χ0v) is 13.4. The summed E-state index contributed by atoms with van der Waals surface area (Å²) in [6, 6.07) is 8.88. The number of rotatable bonds is 5. The highest BCUT2D eigenvalue weighted by molar-refractivity contribution is 6.36. The van der Waals surface area contributed by atoms with Crippen molar-refractivity contribution in [2.75, 3.05) is 19.6 Å². The van der Waals surface area contributed by atoms with Gasteiger partial charge in [-0.25, -0.2) is 0 Å². The van der Waals surface area contributed by atoms with Crippen LogP contribution in [0.4, 0.5) is 0 Å². The summed E-state index contributed by atoms with van der Waals surface area (Å²) in [5.74, 6) is 0. The van der Waals surface area contributed by atoms with Crippen LogP contribution in [0.1, 0.15) is 31.9 Å². The second-order valence-corrected chi connectivity index (χ2v) is 6.25. The summed E-state index contributed by atoms with van der Waals surface area (Å²) < 4.78 is 0. The maximum absolute atomic E-state index is 6.45. The number of aromatic amines is 1. The third-order valence-electron chi connectivity index (χ3n) is 4.55. The van der Waals surface area contributed by atoms with Gasteiger partial charge in [-0.3, -0.25) is 4.90 Å². The average Bonchev–Trinajstić information content (AvgIpc) is 2.85. The fraction of sp³-hybridized carbons (Fsp3) is 0.529. The molecule has 4 heteroatoms. The van der Waals surface area contributed by atoms with E-state index in [9.17, 15) is 0 Å². The van der Waals surface area contributed by atoms with Crippen molar-refractivity contribution in [1.29, 1.82) is 0 Å². The molecule has 2 heterocycles. The Morgan fingerprint density at radius 2 is 2.19 bits per heavy atom. The number of fused-ring (bicyclic) bond motifs is 1. The molecule has 114 valence electrons. The van der Waals surface area contributed by atoms with E-state index in [0.29, 0.717) is 6.04 Å². The van der Waals surface area contributed by atoms with Gasteiger partial charge in [0.1, 0.15) is 0 Å². The molecule has 1 saturated heterocycles. The highest BCUT2D eigenvalue weighted by Crippen LogP contribution is 2.27. The van der Waals surface area contributed by atoms with E-state index in [4.69, 9.17) is 11.6 Å². The molecule has 3 nitrogen and oxygen atoms in total. The molecule has 0 radical (unpaired) electrons. The molecular weight excluding hydrogens is 282 g/mol. The summed E-state index contributed by atoms with van der Waals surface area (Å²) in [5, 5.41) is 5.55. The summed E-state index contributed by atoms with van der Waals surface area (Å²) in [4.78, 5) is 6.01. The van der Waals surface area contributed by atoms with Crippen LogP contribution >= 0.6 is 11.6 Å². The van der Waals surface area contributed by atoms with Crippen molar-refractivity contribution in [2.24, 2.45) is 0 Å². The molecule has 0 bridgehead atoms. The number of hydrogen-bond acceptors (Lipinski definition) is 2. The monoisotopic (exact) mass is 305 g/mol. The van der Waals surface area contributed by atoms with Crippen molar-refractivity contribution in [1.82, 2.24) is 15.2 Å². The normalized spacial score (nSPS) is 20.2. The first-order valence-corrected chi connectivity index (χ1v) is 8.37. The van der Waals surface area contributed by atoms with Crippen molar-refractivity contribution in [3.63, 3.8) is 0 Å². The molecule has 0 amide bonds. The number of nitrogens with one attached hydrogen (secondary N) is 2. The second kappa shape index (κ2) is 6.82. The summed E-state index contributed by atoms with van der Waals surface area (Å²) in [7, 11) is 0. The maximum Gasteiger partial charge on any atom is 0.0705 e. The van der Waals surface area contributed by atoms with E-state index < -0.39 is 0 Å².